The summed E-state index contributed by atoms with van der Waals surface area (Å²) < 4.78 is 0. The zero-order chi connectivity index (χ0) is 31.1. The second-order valence-corrected chi connectivity index (χ2v) is 12.4. The van der Waals surface area contributed by atoms with Gasteiger partial charge in [0.1, 0.15) is 11.6 Å². The molecule has 5 rings (SSSR count). The zero-order valence-electron chi connectivity index (χ0n) is 27.8. The molecule has 1 saturated heterocycles. The van der Waals surface area contributed by atoms with Gasteiger partial charge >= 0.3 is 0 Å². The molecule has 1 fully saturated rings. The zero-order valence-corrected chi connectivity index (χ0v) is 27.8. The third-order valence-electron chi connectivity index (χ3n) is 8.94. The number of hydrogen-bond acceptors (Lipinski definition) is 6. The van der Waals surface area contributed by atoms with E-state index in [-0.39, 0.29) is 0 Å². The SMILES string of the molecule is CCCc1cc(-c2cnc(N3CCN(c4cc(CCC)c(-c5cc(CCC)c(C)cn5)cn4)CC3)cc2CCC)ncc1C. The summed E-state index contributed by atoms with van der Waals surface area (Å²) in [7, 11) is 0. The Morgan fingerprint density at radius 3 is 1.20 bits per heavy atom. The molecule has 0 radical (unpaired) electrons. The summed E-state index contributed by atoms with van der Waals surface area (Å²) in [5.74, 6) is 2.14. The maximum Gasteiger partial charge on any atom is 0.128 e. The van der Waals surface area contributed by atoms with Crippen molar-refractivity contribution in [3.05, 3.63) is 82.4 Å². The molecule has 0 amide bonds. The van der Waals surface area contributed by atoms with Gasteiger partial charge in [0.2, 0.25) is 0 Å². The smallest absolute Gasteiger partial charge is 0.128 e. The van der Waals surface area contributed by atoms with E-state index < -0.39 is 0 Å². The molecule has 0 atom stereocenters. The lowest BCUT2D eigenvalue weighted by Gasteiger charge is -2.36. The molecule has 4 aromatic rings. The lowest BCUT2D eigenvalue weighted by Crippen LogP contribution is -2.47. The Morgan fingerprint density at radius 1 is 0.477 bits per heavy atom. The molecular formula is C38H50N6. The average molecular weight is 591 g/mol. The van der Waals surface area contributed by atoms with E-state index in [1.165, 1.54) is 44.5 Å². The van der Waals surface area contributed by atoms with Crippen molar-refractivity contribution in [1.29, 1.82) is 0 Å². The van der Waals surface area contributed by atoms with Crippen molar-refractivity contribution in [2.75, 3.05) is 36.0 Å². The van der Waals surface area contributed by atoms with Crippen LogP contribution in [0, 0.1) is 13.8 Å². The van der Waals surface area contributed by atoms with Gasteiger partial charge in [0, 0.05) is 62.1 Å². The van der Waals surface area contributed by atoms with Crippen molar-refractivity contribution in [3.63, 3.8) is 0 Å². The monoisotopic (exact) mass is 590 g/mol. The van der Waals surface area contributed by atoms with Crippen LogP contribution in [0.4, 0.5) is 11.6 Å². The van der Waals surface area contributed by atoms with Gasteiger partial charge in [-0.05, 0) is 97.2 Å². The Balaban J connectivity index is 1.33. The van der Waals surface area contributed by atoms with Crippen molar-refractivity contribution in [3.8, 4) is 22.5 Å². The van der Waals surface area contributed by atoms with Crippen LogP contribution in [0.25, 0.3) is 22.5 Å². The third kappa shape index (κ3) is 7.11. The van der Waals surface area contributed by atoms with Crippen LogP contribution in [0.3, 0.4) is 0 Å². The first-order valence-electron chi connectivity index (χ1n) is 16.8. The standard InChI is InChI=1S/C38H50N6/c1-7-11-29-19-35(39-23-27(29)5)33-25-41-37(21-31(33)13-9-3)43-15-17-44(18-16-43)38-22-32(14-10-4)34(26-42-38)36-20-30(12-8-2)28(6)24-40-36/h19-26H,7-18H2,1-6H3. The van der Waals surface area contributed by atoms with Gasteiger partial charge in [0.25, 0.3) is 0 Å². The minimum atomic E-state index is 0.924. The van der Waals surface area contributed by atoms with E-state index >= 15 is 0 Å². The highest BCUT2D eigenvalue weighted by Gasteiger charge is 2.22. The number of piperazine rings is 1. The normalized spacial score (nSPS) is 13.5. The molecule has 0 bridgehead atoms. The fraction of sp³-hybridized carbons (Fsp3) is 0.474. The van der Waals surface area contributed by atoms with Gasteiger partial charge in [-0.3, -0.25) is 9.97 Å². The van der Waals surface area contributed by atoms with Crippen LogP contribution in [0.15, 0.2) is 49.1 Å². The van der Waals surface area contributed by atoms with Crippen LogP contribution in [0.2, 0.25) is 0 Å². The van der Waals surface area contributed by atoms with E-state index in [1.54, 1.807) is 0 Å². The minimum Gasteiger partial charge on any atom is -0.353 e. The summed E-state index contributed by atoms with van der Waals surface area (Å²) in [4.78, 5) is 24.4. The lowest BCUT2D eigenvalue weighted by molar-refractivity contribution is 0.641. The van der Waals surface area contributed by atoms with Gasteiger partial charge in [-0.2, -0.15) is 0 Å². The summed E-state index contributed by atoms with van der Waals surface area (Å²) in [6.45, 7) is 17.0. The van der Waals surface area contributed by atoms with Crippen LogP contribution < -0.4 is 9.80 Å². The third-order valence-corrected chi connectivity index (χ3v) is 8.94. The van der Waals surface area contributed by atoms with Gasteiger partial charge in [-0.15, -0.1) is 0 Å². The molecule has 0 aliphatic carbocycles. The van der Waals surface area contributed by atoms with Gasteiger partial charge < -0.3 is 9.80 Å². The minimum absolute atomic E-state index is 0.924. The quantitative estimate of drug-likeness (QED) is 0.165. The Labute approximate surface area is 265 Å². The number of aryl methyl sites for hydroxylation is 6. The second-order valence-electron chi connectivity index (χ2n) is 12.4. The number of nitrogens with zero attached hydrogens (tertiary/aromatic N) is 6. The largest absolute Gasteiger partial charge is 0.353 e. The molecule has 0 saturated carbocycles. The van der Waals surface area contributed by atoms with Crippen LogP contribution in [-0.4, -0.2) is 46.1 Å². The molecule has 5 heterocycles. The van der Waals surface area contributed by atoms with Crippen molar-refractivity contribution in [1.82, 2.24) is 19.9 Å². The summed E-state index contributed by atoms with van der Waals surface area (Å²) in [5, 5.41) is 0. The number of hydrogen-bond donors (Lipinski definition) is 0. The Hall–Kier alpha value is -3.80. The lowest BCUT2D eigenvalue weighted by atomic mass is 9.98. The number of aromatic nitrogens is 4. The van der Waals surface area contributed by atoms with Gasteiger partial charge in [-0.1, -0.05) is 53.4 Å². The van der Waals surface area contributed by atoms with E-state index in [0.717, 1.165) is 101 Å². The van der Waals surface area contributed by atoms with Crippen molar-refractivity contribution >= 4 is 11.6 Å². The molecule has 0 aromatic carbocycles. The Morgan fingerprint density at radius 2 is 0.841 bits per heavy atom. The first-order chi connectivity index (χ1) is 21.4. The molecular weight excluding hydrogens is 540 g/mol. The highest BCUT2D eigenvalue weighted by molar-refractivity contribution is 5.68. The molecule has 232 valence electrons. The fourth-order valence-electron chi connectivity index (χ4n) is 6.40. The number of rotatable bonds is 12. The second kappa shape index (κ2) is 14.8. The molecule has 1 aliphatic rings. The first kappa shape index (κ1) is 31.6. The summed E-state index contributed by atoms with van der Waals surface area (Å²) in [6.07, 6.45) is 16.8. The topological polar surface area (TPSA) is 58.0 Å². The van der Waals surface area contributed by atoms with Gasteiger partial charge in [0.05, 0.1) is 11.4 Å². The van der Waals surface area contributed by atoms with Gasteiger partial charge in [0.15, 0.2) is 0 Å². The maximum absolute atomic E-state index is 4.97. The molecule has 6 heteroatoms. The Bertz CT molecular complexity index is 1440. The molecule has 0 unspecified atom stereocenters. The summed E-state index contributed by atoms with van der Waals surface area (Å²) in [6, 6.07) is 9.17. The fourth-order valence-corrected chi connectivity index (χ4v) is 6.40. The average Bonchev–Trinajstić information content (AvgIpc) is 3.04. The van der Waals surface area contributed by atoms with Crippen molar-refractivity contribution < 1.29 is 0 Å². The van der Waals surface area contributed by atoms with E-state index in [0.29, 0.717) is 0 Å². The van der Waals surface area contributed by atoms with Gasteiger partial charge in [-0.25, -0.2) is 9.97 Å². The van der Waals surface area contributed by atoms with Crippen LogP contribution in [-0.2, 0) is 25.7 Å². The summed E-state index contributed by atoms with van der Waals surface area (Å²) >= 11 is 0. The van der Waals surface area contributed by atoms with Crippen LogP contribution >= 0.6 is 0 Å². The maximum atomic E-state index is 4.97. The highest BCUT2D eigenvalue weighted by Crippen LogP contribution is 2.30. The van der Waals surface area contributed by atoms with Crippen molar-refractivity contribution in [2.45, 2.75) is 92.9 Å². The van der Waals surface area contributed by atoms with Crippen molar-refractivity contribution in [2.24, 2.45) is 0 Å². The Kier molecular flexibility index (Phi) is 10.6. The molecule has 4 aromatic heterocycles. The summed E-state index contributed by atoms with van der Waals surface area (Å²) in [5.41, 5.74) is 12.4. The molecule has 1 aliphatic heterocycles. The predicted octanol–water partition coefficient (Wildman–Crippen LogP) is 8.35. The number of anilines is 2. The van der Waals surface area contributed by atoms with E-state index in [2.05, 4.69) is 88.0 Å². The molecule has 0 spiro atoms. The first-order valence-corrected chi connectivity index (χ1v) is 16.8. The molecule has 44 heavy (non-hydrogen) atoms. The van der Waals surface area contributed by atoms with E-state index in [4.69, 9.17) is 19.9 Å². The number of pyridine rings is 4. The molecule has 0 N–H and O–H groups in total. The highest BCUT2D eigenvalue weighted by atomic mass is 15.3. The van der Waals surface area contributed by atoms with E-state index in [1.807, 2.05) is 12.4 Å². The molecule has 6 nitrogen and oxygen atoms in total. The van der Waals surface area contributed by atoms with Crippen LogP contribution in [0.1, 0.15) is 86.8 Å². The van der Waals surface area contributed by atoms with E-state index in [9.17, 15) is 0 Å². The predicted molar refractivity (Wildman–Crippen MR) is 185 cm³/mol. The van der Waals surface area contributed by atoms with Crippen LogP contribution in [0.5, 0.6) is 0 Å².